The Hall–Kier alpha value is -0.130. The SMILES string of the molecule is CN(CCNCC1CCCCC1)C1CCS(=O)(=O)C1. The highest BCUT2D eigenvalue weighted by Gasteiger charge is 2.30. The molecule has 112 valence electrons. The maximum atomic E-state index is 11.4. The molecule has 1 unspecified atom stereocenters. The zero-order valence-corrected chi connectivity index (χ0v) is 12.9. The minimum absolute atomic E-state index is 0.237. The molecule has 2 aliphatic rings. The lowest BCUT2D eigenvalue weighted by molar-refractivity contribution is 0.256. The van der Waals surface area contributed by atoms with Gasteiger partial charge >= 0.3 is 0 Å². The number of nitrogens with zero attached hydrogens (tertiary/aromatic N) is 1. The first-order valence-electron chi connectivity index (χ1n) is 7.68. The van der Waals surface area contributed by atoms with Gasteiger partial charge in [0.1, 0.15) is 0 Å². The van der Waals surface area contributed by atoms with Gasteiger partial charge in [-0.15, -0.1) is 0 Å². The topological polar surface area (TPSA) is 49.4 Å². The van der Waals surface area contributed by atoms with Gasteiger partial charge in [-0.3, -0.25) is 0 Å². The number of rotatable bonds is 6. The van der Waals surface area contributed by atoms with Crippen LogP contribution in [0.25, 0.3) is 0 Å². The number of likely N-dealkylation sites (N-methyl/N-ethyl adjacent to an activating group) is 1. The molecule has 2 rings (SSSR count). The van der Waals surface area contributed by atoms with Gasteiger partial charge < -0.3 is 10.2 Å². The summed E-state index contributed by atoms with van der Waals surface area (Å²) in [7, 11) is -0.701. The summed E-state index contributed by atoms with van der Waals surface area (Å²) in [5, 5.41) is 3.54. The van der Waals surface area contributed by atoms with E-state index in [4.69, 9.17) is 0 Å². The second kappa shape index (κ2) is 7.04. The molecule has 1 atom stereocenters. The molecule has 0 aromatic carbocycles. The van der Waals surface area contributed by atoms with E-state index in [9.17, 15) is 8.42 Å². The van der Waals surface area contributed by atoms with Crippen LogP contribution in [0, 0.1) is 5.92 Å². The van der Waals surface area contributed by atoms with Crippen molar-refractivity contribution < 1.29 is 8.42 Å². The van der Waals surface area contributed by atoms with Crippen LogP contribution in [0.1, 0.15) is 38.5 Å². The van der Waals surface area contributed by atoms with E-state index in [-0.39, 0.29) is 6.04 Å². The van der Waals surface area contributed by atoms with Gasteiger partial charge in [0, 0.05) is 19.1 Å². The van der Waals surface area contributed by atoms with Crippen LogP contribution in [0.5, 0.6) is 0 Å². The van der Waals surface area contributed by atoms with Gasteiger partial charge in [-0.2, -0.15) is 0 Å². The lowest BCUT2D eigenvalue weighted by Crippen LogP contribution is -2.38. The maximum absolute atomic E-state index is 11.4. The first kappa shape index (κ1) is 15.3. The normalized spacial score (nSPS) is 28.0. The Labute approximate surface area is 117 Å². The molecule has 0 radical (unpaired) electrons. The van der Waals surface area contributed by atoms with Gasteiger partial charge in [0.05, 0.1) is 11.5 Å². The molecular formula is C14H28N2O2S. The third-order valence-corrected chi connectivity index (χ3v) is 6.38. The largest absolute Gasteiger partial charge is 0.315 e. The van der Waals surface area contributed by atoms with Gasteiger partial charge in [-0.05, 0) is 38.8 Å². The van der Waals surface area contributed by atoms with Gasteiger partial charge in [0.15, 0.2) is 9.84 Å². The lowest BCUT2D eigenvalue weighted by Gasteiger charge is -2.25. The fourth-order valence-electron chi connectivity index (χ4n) is 3.26. The van der Waals surface area contributed by atoms with E-state index in [2.05, 4.69) is 10.2 Å². The number of hydrogen-bond donors (Lipinski definition) is 1. The van der Waals surface area contributed by atoms with E-state index >= 15 is 0 Å². The Kier molecular flexibility index (Phi) is 5.66. The monoisotopic (exact) mass is 288 g/mol. The molecule has 1 heterocycles. The first-order chi connectivity index (χ1) is 9.07. The van der Waals surface area contributed by atoms with Crippen LogP contribution in [0.2, 0.25) is 0 Å². The molecule has 1 N–H and O–H groups in total. The predicted molar refractivity (Wildman–Crippen MR) is 79.1 cm³/mol. The third-order valence-electron chi connectivity index (χ3n) is 4.63. The van der Waals surface area contributed by atoms with Crippen LogP contribution in [0.15, 0.2) is 0 Å². The molecule has 0 bridgehead atoms. The zero-order valence-electron chi connectivity index (χ0n) is 12.1. The molecule has 0 aromatic rings. The van der Waals surface area contributed by atoms with Crippen molar-refractivity contribution in [2.24, 2.45) is 5.92 Å². The van der Waals surface area contributed by atoms with Crippen molar-refractivity contribution >= 4 is 9.84 Å². The second-order valence-corrected chi connectivity index (χ2v) is 8.47. The van der Waals surface area contributed by atoms with E-state index in [1.165, 1.54) is 32.1 Å². The van der Waals surface area contributed by atoms with E-state index in [1.54, 1.807) is 0 Å². The Balaban J connectivity index is 1.57. The van der Waals surface area contributed by atoms with Crippen molar-refractivity contribution in [2.75, 3.05) is 38.2 Å². The van der Waals surface area contributed by atoms with Crippen LogP contribution in [0.3, 0.4) is 0 Å². The molecule has 1 aliphatic carbocycles. The van der Waals surface area contributed by atoms with Crippen LogP contribution in [0.4, 0.5) is 0 Å². The van der Waals surface area contributed by atoms with Gasteiger partial charge in [-0.25, -0.2) is 8.42 Å². The summed E-state index contributed by atoms with van der Waals surface area (Å²) in [5.41, 5.74) is 0. The van der Waals surface area contributed by atoms with Crippen LogP contribution < -0.4 is 5.32 Å². The fourth-order valence-corrected chi connectivity index (χ4v) is 5.06. The van der Waals surface area contributed by atoms with Crippen molar-refractivity contribution in [2.45, 2.75) is 44.6 Å². The smallest absolute Gasteiger partial charge is 0.151 e. The molecule has 0 spiro atoms. The highest BCUT2D eigenvalue weighted by atomic mass is 32.2. The van der Waals surface area contributed by atoms with Gasteiger partial charge in [0.2, 0.25) is 0 Å². The van der Waals surface area contributed by atoms with Crippen LogP contribution >= 0.6 is 0 Å². The molecule has 0 amide bonds. The van der Waals surface area contributed by atoms with Crippen molar-refractivity contribution in [1.82, 2.24) is 10.2 Å². The molecular weight excluding hydrogens is 260 g/mol. The minimum atomic E-state index is -2.75. The zero-order chi connectivity index (χ0) is 13.7. The Bertz CT molecular complexity index is 364. The standard InChI is InChI=1S/C14H28N2O2S/c1-16(14-7-10-19(17,18)12-14)9-8-15-11-13-5-3-2-4-6-13/h13-15H,2-12H2,1H3. The molecule has 1 saturated carbocycles. The molecule has 5 heteroatoms. The number of hydrogen-bond acceptors (Lipinski definition) is 4. The van der Waals surface area contributed by atoms with Crippen molar-refractivity contribution in [3.63, 3.8) is 0 Å². The highest BCUT2D eigenvalue weighted by molar-refractivity contribution is 7.91. The highest BCUT2D eigenvalue weighted by Crippen LogP contribution is 2.22. The van der Waals surface area contributed by atoms with Crippen molar-refractivity contribution in [3.05, 3.63) is 0 Å². The van der Waals surface area contributed by atoms with E-state index in [0.29, 0.717) is 11.5 Å². The summed E-state index contributed by atoms with van der Waals surface area (Å²) < 4.78 is 22.9. The molecule has 0 aromatic heterocycles. The van der Waals surface area contributed by atoms with Crippen LogP contribution in [-0.2, 0) is 9.84 Å². The second-order valence-electron chi connectivity index (χ2n) is 6.25. The quantitative estimate of drug-likeness (QED) is 0.748. The summed E-state index contributed by atoms with van der Waals surface area (Å²) in [4.78, 5) is 2.21. The van der Waals surface area contributed by atoms with E-state index in [0.717, 1.165) is 32.0 Å². The average molecular weight is 288 g/mol. The van der Waals surface area contributed by atoms with Gasteiger partial charge in [-0.1, -0.05) is 19.3 Å². The Morgan fingerprint density at radius 1 is 1.16 bits per heavy atom. The lowest BCUT2D eigenvalue weighted by atomic mass is 9.89. The Morgan fingerprint density at radius 2 is 1.89 bits per heavy atom. The summed E-state index contributed by atoms with van der Waals surface area (Å²) in [6.45, 7) is 3.06. The number of sulfone groups is 1. The van der Waals surface area contributed by atoms with Gasteiger partial charge in [0.25, 0.3) is 0 Å². The average Bonchev–Trinajstić information content (AvgIpc) is 2.76. The summed E-state index contributed by atoms with van der Waals surface area (Å²) >= 11 is 0. The van der Waals surface area contributed by atoms with Crippen molar-refractivity contribution in [1.29, 1.82) is 0 Å². The first-order valence-corrected chi connectivity index (χ1v) is 9.50. The van der Waals surface area contributed by atoms with Crippen LogP contribution in [-0.4, -0.2) is 57.5 Å². The van der Waals surface area contributed by atoms with Crippen molar-refractivity contribution in [3.8, 4) is 0 Å². The Morgan fingerprint density at radius 3 is 2.53 bits per heavy atom. The summed E-state index contributed by atoms with van der Waals surface area (Å²) in [6.07, 6.45) is 7.77. The van der Waals surface area contributed by atoms with E-state index in [1.807, 2.05) is 7.05 Å². The summed E-state index contributed by atoms with van der Waals surface area (Å²) in [6, 6.07) is 0.237. The van der Waals surface area contributed by atoms with E-state index < -0.39 is 9.84 Å². The predicted octanol–water partition coefficient (Wildman–Crippen LogP) is 1.28. The molecule has 19 heavy (non-hydrogen) atoms. The summed E-state index contributed by atoms with van der Waals surface area (Å²) in [5.74, 6) is 1.59. The fraction of sp³-hybridized carbons (Fsp3) is 1.00. The number of nitrogens with one attached hydrogen (secondary N) is 1. The third kappa shape index (κ3) is 5.04. The molecule has 2 fully saturated rings. The molecule has 4 nitrogen and oxygen atoms in total. The molecule has 1 saturated heterocycles. The maximum Gasteiger partial charge on any atom is 0.151 e. The molecule has 1 aliphatic heterocycles. The minimum Gasteiger partial charge on any atom is -0.315 e.